The highest BCUT2D eigenvalue weighted by molar-refractivity contribution is 7.14. The van der Waals surface area contributed by atoms with Gasteiger partial charge in [-0.15, -0.1) is 0 Å². The van der Waals surface area contributed by atoms with Gasteiger partial charge in [-0.2, -0.15) is 11.5 Å². The maximum absolute atomic E-state index is 5.91. The zero-order valence-electron chi connectivity index (χ0n) is 8.19. The Labute approximate surface area is 82.1 Å². The van der Waals surface area contributed by atoms with Gasteiger partial charge < -0.3 is 0 Å². The Morgan fingerprint density at radius 3 is 2.33 bits per heavy atom. The maximum atomic E-state index is 5.91. The van der Waals surface area contributed by atoms with Gasteiger partial charge in [0.1, 0.15) is 0 Å². The molecule has 0 saturated carbocycles. The molecule has 70 valence electrons. The van der Waals surface area contributed by atoms with Crippen LogP contribution >= 0.6 is 11.5 Å². The Kier molecular flexibility index (Phi) is 5.14. The molecule has 2 heteroatoms. The highest BCUT2D eigenvalue weighted by Gasteiger charge is 2.38. The maximum Gasteiger partial charge on any atom is 0.252 e. The molecule has 0 aromatic rings. The topological polar surface area (TPSA) is 0 Å². The van der Waals surface area contributed by atoms with Crippen molar-refractivity contribution in [1.82, 2.24) is 0 Å². The van der Waals surface area contributed by atoms with Crippen molar-refractivity contribution in [1.29, 1.82) is 0 Å². The molecular formula is C10H20BCl. The summed E-state index contributed by atoms with van der Waals surface area (Å²) >= 11 is 5.91. The summed E-state index contributed by atoms with van der Waals surface area (Å²) in [6.45, 7) is 2.27. The summed E-state index contributed by atoms with van der Waals surface area (Å²) in [6.07, 6.45) is 11.7. The molecule has 0 N–H and O–H groups in total. The first-order chi connectivity index (χ1) is 5.84. The van der Waals surface area contributed by atoms with E-state index in [-0.39, 0.29) is 0 Å². The predicted molar refractivity (Wildman–Crippen MR) is 58.2 cm³/mol. The van der Waals surface area contributed by atoms with Gasteiger partial charge in [-0.05, 0) is 0 Å². The van der Waals surface area contributed by atoms with Crippen molar-refractivity contribution in [3.05, 3.63) is 0 Å². The van der Waals surface area contributed by atoms with Gasteiger partial charge in [0.15, 0.2) is 0 Å². The summed E-state index contributed by atoms with van der Waals surface area (Å²) in [7, 11) is 0. The highest BCUT2D eigenvalue weighted by atomic mass is 35.5. The van der Waals surface area contributed by atoms with E-state index in [2.05, 4.69) is 6.92 Å². The number of hydrogen-bond donors (Lipinski definition) is 0. The third-order valence-electron chi connectivity index (χ3n) is 2.76. The van der Waals surface area contributed by atoms with Crippen LogP contribution in [0.3, 0.4) is 0 Å². The van der Waals surface area contributed by atoms with Gasteiger partial charge in [0, 0.05) is 0 Å². The van der Waals surface area contributed by atoms with Crippen molar-refractivity contribution < 1.29 is 0 Å². The van der Waals surface area contributed by atoms with E-state index in [1.165, 1.54) is 51.3 Å². The van der Waals surface area contributed by atoms with Crippen LogP contribution in [0.4, 0.5) is 0 Å². The molecule has 0 aromatic carbocycles. The minimum atomic E-state index is 0.542. The molecule has 0 aromatic heterocycles. The molecule has 1 rings (SSSR count). The van der Waals surface area contributed by atoms with Crippen molar-refractivity contribution in [2.45, 2.75) is 64.0 Å². The Balaban J connectivity index is 1.72. The molecule has 12 heavy (non-hydrogen) atoms. The van der Waals surface area contributed by atoms with E-state index < -0.39 is 0 Å². The molecule has 1 aliphatic heterocycles. The quantitative estimate of drug-likeness (QED) is 0.410. The summed E-state index contributed by atoms with van der Waals surface area (Å²) in [4.78, 5) is 0. The zero-order chi connectivity index (χ0) is 8.81. The van der Waals surface area contributed by atoms with Crippen molar-refractivity contribution >= 4 is 17.6 Å². The van der Waals surface area contributed by atoms with Gasteiger partial charge in [-0.3, -0.25) is 0 Å². The molecule has 0 nitrogen and oxygen atoms in total. The molecule has 1 unspecified atom stereocenters. The van der Waals surface area contributed by atoms with Crippen molar-refractivity contribution in [3.8, 4) is 0 Å². The highest BCUT2D eigenvalue weighted by Crippen LogP contribution is 2.44. The monoisotopic (exact) mass is 186 g/mol. The second kappa shape index (κ2) is 5.91. The smallest absolute Gasteiger partial charge is 0.195 e. The number of rotatable bonds is 7. The fourth-order valence-electron chi connectivity index (χ4n) is 1.70. The van der Waals surface area contributed by atoms with Crippen LogP contribution in [0.15, 0.2) is 0 Å². The van der Waals surface area contributed by atoms with Crippen LogP contribution in [-0.2, 0) is 0 Å². The first-order valence-corrected chi connectivity index (χ1v) is 5.92. The van der Waals surface area contributed by atoms with Gasteiger partial charge in [-0.25, -0.2) is 0 Å². The van der Waals surface area contributed by atoms with E-state index in [1.807, 2.05) is 0 Å². The summed E-state index contributed by atoms with van der Waals surface area (Å²) in [5.74, 6) is 0.887. The van der Waals surface area contributed by atoms with Crippen molar-refractivity contribution in [2.24, 2.45) is 0 Å². The third-order valence-corrected chi connectivity index (χ3v) is 3.30. The Morgan fingerprint density at radius 1 is 1.17 bits per heavy atom. The third kappa shape index (κ3) is 4.40. The van der Waals surface area contributed by atoms with Gasteiger partial charge >= 0.3 is 0 Å². The second-order valence-electron chi connectivity index (χ2n) is 4.07. The normalized spacial score (nSPS) is 21.5. The van der Waals surface area contributed by atoms with E-state index in [0.717, 1.165) is 5.82 Å². The fraction of sp³-hybridized carbons (Fsp3) is 1.00. The molecule has 0 amide bonds. The lowest BCUT2D eigenvalue weighted by Crippen LogP contribution is -1.81. The minimum absolute atomic E-state index is 0.542. The summed E-state index contributed by atoms with van der Waals surface area (Å²) in [5, 5.41) is 0. The standard InChI is InChI=1S/C10H20BCl/c1-2-3-4-5-6-7-8-10-9-11(10)12/h10H,2-9H2,1H3. The van der Waals surface area contributed by atoms with Crippen molar-refractivity contribution in [3.63, 3.8) is 0 Å². The van der Waals surface area contributed by atoms with E-state index in [4.69, 9.17) is 11.5 Å². The second-order valence-corrected chi connectivity index (χ2v) is 4.63. The van der Waals surface area contributed by atoms with E-state index >= 15 is 0 Å². The average Bonchev–Trinajstić information content (AvgIpc) is 2.74. The van der Waals surface area contributed by atoms with E-state index in [1.54, 1.807) is 0 Å². The number of halogens is 1. The van der Waals surface area contributed by atoms with Crippen LogP contribution in [0, 0.1) is 0 Å². The lowest BCUT2D eigenvalue weighted by Gasteiger charge is -1.99. The van der Waals surface area contributed by atoms with Crippen LogP contribution in [0.5, 0.6) is 0 Å². The van der Waals surface area contributed by atoms with Crippen LogP contribution in [-0.4, -0.2) is 6.13 Å². The molecule has 0 radical (unpaired) electrons. The van der Waals surface area contributed by atoms with E-state index in [0.29, 0.717) is 6.13 Å². The van der Waals surface area contributed by atoms with Gasteiger partial charge in [0.05, 0.1) is 0 Å². The minimum Gasteiger partial charge on any atom is -0.195 e. The molecule has 1 heterocycles. The largest absolute Gasteiger partial charge is 0.252 e. The first-order valence-electron chi connectivity index (χ1n) is 5.48. The van der Waals surface area contributed by atoms with Gasteiger partial charge in [0.25, 0.3) is 6.13 Å². The first kappa shape index (κ1) is 10.4. The van der Waals surface area contributed by atoms with Crippen LogP contribution < -0.4 is 0 Å². The summed E-state index contributed by atoms with van der Waals surface area (Å²) < 4.78 is 0. The fourth-order valence-corrected chi connectivity index (χ4v) is 2.05. The number of hydrogen-bond acceptors (Lipinski definition) is 0. The summed E-state index contributed by atoms with van der Waals surface area (Å²) in [6, 6.07) is 0. The SMILES string of the molecule is CCCCCCCCC1CB1Cl. The van der Waals surface area contributed by atoms with Crippen LogP contribution in [0.1, 0.15) is 51.9 Å². The lowest BCUT2D eigenvalue weighted by molar-refractivity contribution is 0.593. The lowest BCUT2D eigenvalue weighted by atomic mass is 9.95. The summed E-state index contributed by atoms with van der Waals surface area (Å²) in [5.41, 5.74) is 0. The molecule has 0 spiro atoms. The average molecular weight is 187 g/mol. The van der Waals surface area contributed by atoms with Gasteiger partial charge in [-0.1, -0.05) is 64.0 Å². The molecule has 1 aliphatic rings. The molecular weight excluding hydrogens is 166 g/mol. The van der Waals surface area contributed by atoms with Gasteiger partial charge in [0.2, 0.25) is 0 Å². The Morgan fingerprint density at radius 2 is 1.75 bits per heavy atom. The number of unbranched alkanes of at least 4 members (excludes halogenated alkanes) is 5. The van der Waals surface area contributed by atoms with Crippen molar-refractivity contribution in [2.75, 3.05) is 0 Å². The molecule has 1 fully saturated rings. The van der Waals surface area contributed by atoms with Crippen LogP contribution in [0.25, 0.3) is 0 Å². The van der Waals surface area contributed by atoms with Crippen LogP contribution in [0.2, 0.25) is 12.1 Å². The van der Waals surface area contributed by atoms with E-state index in [9.17, 15) is 0 Å². The Hall–Kier alpha value is 0.355. The predicted octanol–water partition coefficient (Wildman–Crippen LogP) is 4.35. The molecule has 0 bridgehead atoms. The molecule has 0 aliphatic carbocycles. The molecule has 1 atom stereocenters. The molecule has 1 saturated heterocycles. The Bertz CT molecular complexity index is 116. The zero-order valence-corrected chi connectivity index (χ0v) is 8.95.